The van der Waals surface area contributed by atoms with Crippen LogP contribution in [0, 0.1) is 12.8 Å². The Hall–Kier alpha value is -0.830. The number of halogens is 1. The van der Waals surface area contributed by atoms with E-state index < -0.39 is 0 Å². The molecule has 1 N–H and O–H groups in total. The highest BCUT2D eigenvalue weighted by molar-refractivity contribution is 6.28. The summed E-state index contributed by atoms with van der Waals surface area (Å²) in [5, 5.41) is 3.62. The fourth-order valence-corrected chi connectivity index (χ4v) is 1.97. The maximum atomic E-state index is 5.77. The van der Waals surface area contributed by atoms with Gasteiger partial charge in [-0.05, 0) is 30.9 Å². The molecule has 0 aromatic carbocycles. The molecule has 0 aliphatic carbocycles. The lowest BCUT2D eigenvalue weighted by Gasteiger charge is -2.08. The van der Waals surface area contributed by atoms with Crippen LogP contribution in [0.2, 0.25) is 5.28 Å². The Morgan fingerprint density at radius 3 is 2.67 bits per heavy atom. The Labute approximate surface area is 115 Å². The minimum atomic E-state index is 0.306. The quantitative estimate of drug-likeness (QED) is 0.559. The van der Waals surface area contributed by atoms with Gasteiger partial charge in [-0.25, -0.2) is 9.97 Å². The standard InChI is InChI=1S/C14H24ClN3/c1-11(2)8-6-4-5-7-9-16-13-12(3)10-17-14(15)18-13/h10-11H,4-9H2,1-3H3,(H,16,17,18). The molecule has 0 aliphatic rings. The Kier molecular flexibility index (Phi) is 7.02. The average molecular weight is 270 g/mol. The van der Waals surface area contributed by atoms with Gasteiger partial charge >= 0.3 is 0 Å². The van der Waals surface area contributed by atoms with Crippen molar-refractivity contribution in [3.8, 4) is 0 Å². The van der Waals surface area contributed by atoms with Crippen molar-refractivity contribution in [2.24, 2.45) is 5.92 Å². The van der Waals surface area contributed by atoms with Crippen LogP contribution in [0.15, 0.2) is 6.20 Å². The lowest BCUT2D eigenvalue weighted by atomic mass is 10.0. The summed E-state index contributed by atoms with van der Waals surface area (Å²) in [7, 11) is 0. The van der Waals surface area contributed by atoms with E-state index in [2.05, 4.69) is 29.1 Å². The summed E-state index contributed by atoms with van der Waals surface area (Å²) in [5.74, 6) is 1.69. The van der Waals surface area contributed by atoms with Gasteiger partial charge in [0, 0.05) is 18.3 Å². The van der Waals surface area contributed by atoms with Crippen molar-refractivity contribution in [1.29, 1.82) is 0 Å². The smallest absolute Gasteiger partial charge is 0.224 e. The fourth-order valence-electron chi connectivity index (χ4n) is 1.84. The van der Waals surface area contributed by atoms with Crippen molar-refractivity contribution >= 4 is 17.4 Å². The first-order chi connectivity index (χ1) is 8.59. The number of anilines is 1. The summed E-state index contributed by atoms with van der Waals surface area (Å²) in [5.41, 5.74) is 1.04. The first-order valence-corrected chi connectivity index (χ1v) is 7.20. The van der Waals surface area contributed by atoms with Crippen LogP contribution in [0.4, 0.5) is 5.82 Å². The van der Waals surface area contributed by atoms with Crippen LogP contribution in [-0.2, 0) is 0 Å². The molecule has 0 radical (unpaired) electrons. The first kappa shape index (κ1) is 15.2. The van der Waals surface area contributed by atoms with Crippen LogP contribution in [0.1, 0.15) is 51.5 Å². The lowest BCUT2D eigenvalue weighted by Crippen LogP contribution is -2.05. The van der Waals surface area contributed by atoms with Crippen molar-refractivity contribution in [2.75, 3.05) is 11.9 Å². The summed E-state index contributed by atoms with van der Waals surface area (Å²) < 4.78 is 0. The number of nitrogens with one attached hydrogen (secondary N) is 1. The van der Waals surface area contributed by atoms with Crippen LogP contribution in [0.3, 0.4) is 0 Å². The summed E-state index contributed by atoms with van der Waals surface area (Å²) in [6, 6.07) is 0. The maximum Gasteiger partial charge on any atom is 0.224 e. The van der Waals surface area contributed by atoms with Crippen molar-refractivity contribution in [3.05, 3.63) is 17.0 Å². The molecule has 18 heavy (non-hydrogen) atoms. The molecular formula is C14H24ClN3. The highest BCUT2D eigenvalue weighted by Crippen LogP contribution is 2.13. The zero-order valence-corrected chi connectivity index (χ0v) is 12.4. The van der Waals surface area contributed by atoms with E-state index in [4.69, 9.17) is 11.6 Å². The minimum absolute atomic E-state index is 0.306. The van der Waals surface area contributed by atoms with Crippen LogP contribution < -0.4 is 5.32 Å². The zero-order valence-electron chi connectivity index (χ0n) is 11.7. The van der Waals surface area contributed by atoms with Gasteiger partial charge in [-0.1, -0.05) is 39.5 Å². The predicted octanol–water partition coefficient (Wildman–Crippen LogP) is 4.46. The van der Waals surface area contributed by atoms with E-state index in [9.17, 15) is 0 Å². The summed E-state index contributed by atoms with van der Waals surface area (Å²) in [4.78, 5) is 8.11. The summed E-state index contributed by atoms with van der Waals surface area (Å²) in [6.07, 6.45) is 8.21. The van der Waals surface area contributed by atoms with Gasteiger partial charge in [0.2, 0.25) is 5.28 Å². The molecule has 0 saturated heterocycles. The lowest BCUT2D eigenvalue weighted by molar-refractivity contribution is 0.523. The fraction of sp³-hybridized carbons (Fsp3) is 0.714. The number of nitrogens with zero attached hydrogens (tertiary/aromatic N) is 2. The van der Waals surface area contributed by atoms with Gasteiger partial charge in [-0.3, -0.25) is 0 Å². The highest BCUT2D eigenvalue weighted by atomic mass is 35.5. The Morgan fingerprint density at radius 2 is 1.94 bits per heavy atom. The number of aromatic nitrogens is 2. The van der Waals surface area contributed by atoms with Gasteiger partial charge in [0.05, 0.1) is 0 Å². The summed E-state index contributed by atoms with van der Waals surface area (Å²) in [6.45, 7) is 7.50. The third kappa shape index (κ3) is 6.20. The van der Waals surface area contributed by atoms with E-state index in [1.54, 1.807) is 6.20 Å². The molecule has 0 spiro atoms. The van der Waals surface area contributed by atoms with E-state index in [0.29, 0.717) is 5.28 Å². The van der Waals surface area contributed by atoms with Gasteiger partial charge in [0.1, 0.15) is 5.82 Å². The SMILES string of the molecule is Cc1cnc(Cl)nc1NCCCCCCC(C)C. The van der Waals surface area contributed by atoms with Gasteiger partial charge < -0.3 is 5.32 Å². The van der Waals surface area contributed by atoms with Gasteiger partial charge in [0.15, 0.2) is 0 Å². The van der Waals surface area contributed by atoms with Gasteiger partial charge in [-0.2, -0.15) is 0 Å². The average Bonchev–Trinajstić information content (AvgIpc) is 2.32. The van der Waals surface area contributed by atoms with Crippen molar-refractivity contribution < 1.29 is 0 Å². The second kappa shape index (κ2) is 8.30. The molecular weight excluding hydrogens is 246 g/mol. The van der Waals surface area contributed by atoms with Crippen LogP contribution in [-0.4, -0.2) is 16.5 Å². The normalized spacial score (nSPS) is 10.9. The molecule has 0 saturated carbocycles. The van der Waals surface area contributed by atoms with Gasteiger partial charge in [0.25, 0.3) is 0 Å². The molecule has 0 fully saturated rings. The number of unbranched alkanes of at least 4 members (excludes halogenated alkanes) is 3. The van der Waals surface area contributed by atoms with E-state index in [1.807, 2.05) is 6.92 Å². The highest BCUT2D eigenvalue weighted by Gasteiger charge is 2.01. The Bertz CT molecular complexity index is 353. The van der Waals surface area contributed by atoms with E-state index in [1.165, 1.54) is 32.1 Å². The Morgan fingerprint density at radius 1 is 1.22 bits per heavy atom. The van der Waals surface area contributed by atoms with Crippen molar-refractivity contribution in [1.82, 2.24) is 9.97 Å². The van der Waals surface area contributed by atoms with E-state index in [0.717, 1.165) is 23.8 Å². The van der Waals surface area contributed by atoms with Crippen LogP contribution >= 0.6 is 11.6 Å². The molecule has 0 bridgehead atoms. The Balaban J connectivity index is 2.12. The molecule has 0 amide bonds. The molecule has 0 unspecified atom stereocenters. The molecule has 1 heterocycles. The zero-order chi connectivity index (χ0) is 13.4. The van der Waals surface area contributed by atoms with Crippen LogP contribution in [0.5, 0.6) is 0 Å². The second-order valence-electron chi connectivity index (χ2n) is 5.19. The molecule has 1 rings (SSSR count). The van der Waals surface area contributed by atoms with E-state index in [-0.39, 0.29) is 0 Å². The first-order valence-electron chi connectivity index (χ1n) is 6.82. The second-order valence-corrected chi connectivity index (χ2v) is 5.53. The predicted molar refractivity (Wildman–Crippen MR) is 78.2 cm³/mol. The molecule has 0 atom stereocenters. The largest absolute Gasteiger partial charge is 0.370 e. The monoisotopic (exact) mass is 269 g/mol. The summed E-state index contributed by atoms with van der Waals surface area (Å²) >= 11 is 5.77. The van der Waals surface area contributed by atoms with Gasteiger partial charge in [-0.15, -0.1) is 0 Å². The molecule has 3 nitrogen and oxygen atoms in total. The molecule has 4 heteroatoms. The van der Waals surface area contributed by atoms with Crippen molar-refractivity contribution in [2.45, 2.75) is 52.9 Å². The number of hydrogen-bond acceptors (Lipinski definition) is 3. The van der Waals surface area contributed by atoms with Crippen molar-refractivity contribution in [3.63, 3.8) is 0 Å². The van der Waals surface area contributed by atoms with E-state index >= 15 is 0 Å². The molecule has 0 aliphatic heterocycles. The topological polar surface area (TPSA) is 37.8 Å². The molecule has 102 valence electrons. The maximum absolute atomic E-state index is 5.77. The third-order valence-corrected chi connectivity index (χ3v) is 3.13. The number of aryl methyl sites for hydroxylation is 1. The molecule has 1 aromatic heterocycles. The third-order valence-electron chi connectivity index (χ3n) is 2.94. The molecule has 1 aromatic rings. The van der Waals surface area contributed by atoms with Crippen LogP contribution in [0.25, 0.3) is 0 Å². The number of hydrogen-bond donors (Lipinski definition) is 1. The number of rotatable bonds is 8. The minimum Gasteiger partial charge on any atom is -0.370 e.